The van der Waals surface area contributed by atoms with Crippen molar-refractivity contribution in [2.24, 2.45) is 0 Å². The minimum absolute atomic E-state index is 0.214. The molecule has 1 aromatic heterocycles. The molecule has 7 heteroatoms. The summed E-state index contributed by atoms with van der Waals surface area (Å²) in [5, 5.41) is 17.2. The molecule has 2 rings (SSSR count). The zero-order valence-electron chi connectivity index (χ0n) is 11.6. The summed E-state index contributed by atoms with van der Waals surface area (Å²) in [6, 6.07) is 10.1. The highest BCUT2D eigenvalue weighted by Crippen LogP contribution is 2.20. The molecule has 0 aliphatic carbocycles. The lowest BCUT2D eigenvalue weighted by molar-refractivity contribution is -0.136. The Bertz CT molecular complexity index is 629. The van der Waals surface area contributed by atoms with Crippen LogP contribution in [0, 0.1) is 0 Å². The summed E-state index contributed by atoms with van der Waals surface area (Å²) in [5.41, 5.74) is 0.489. The Labute approximate surface area is 136 Å². The zero-order valence-corrected chi connectivity index (χ0v) is 13.2. The first kappa shape index (κ1) is 16.5. The molecule has 0 bridgehead atoms. The molecule has 22 heavy (non-hydrogen) atoms. The van der Waals surface area contributed by atoms with Crippen LogP contribution in [0.2, 0.25) is 5.02 Å². The lowest BCUT2D eigenvalue weighted by atomic mass is 10.2. The number of carbonyl (C=O) groups excluding carboxylic acids is 2. The van der Waals surface area contributed by atoms with E-state index in [1.54, 1.807) is 24.3 Å². The van der Waals surface area contributed by atoms with E-state index >= 15 is 0 Å². The summed E-state index contributed by atoms with van der Waals surface area (Å²) in [6.45, 7) is 0.214. The molecule has 1 unspecified atom stereocenters. The molecule has 2 amide bonds. The molecule has 116 valence electrons. The van der Waals surface area contributed by atoms with Crippen molar-refractivity contribution in [1.82, 2.24) is 5.32 Å². The molecule has 1 atom stereocenters. The van der Waals surface area contributed by atoms with Gasteiger partial charge in [-0.1, -0.05) is 17.7 Å². The monoisotopic (exact) mass is 338 g/mol. The van der Waals surface area contributed by atoms with E-state index in [4.69, 9.17) is 11.6 Å². The highest BCUT2D eigenvalue weighted by atomic mass is 35.5. The van der Waals surface area contributed by atoms with E-state index < -0.39 is 17.9 Å². The highest BCUT2D eigenvalue weighted by Gasteiger charge is 2.14. The Morgan fingerprint density at radius 3 is 2.55 bits per heavy atom. The number of anilines is 1. The van der Waals surface area contributed by atoms with Crippen LogP contribution >= 0.6 is 22.9 Å². The van der Waals surface area contributed by atoms with Crippen molar-refractivity contribution in [3.63, 3.8) is 0 Å². The maximum absolute atomic E-state index is 11.7. The zero-order chi connectivity index (χ0) is 15.9. The Morgan fingerprint density at radius 1 is 1.18 bits per heavy atom. The van der Waals surface area contributed by atoms with Gasteiger partial charge >= 0.3 is 11.8 Å². The molecule has 1 aromatic carbocycles. The number of thiophene rings is 1. The normalized spacial score (nSPS) is 11.7. The van der Waals surface area contributed by atoms with Gasteiger partial charge in [0.2, 0.25) is 0 Å². The topological polar surface area (TPSA) is 78.4 Å². The molecular weight excluding hydrogens is 324 g/mol. The molecular formula is C15H15ClN2O3S. The van der Waals surface area contributed by atoms with E-state index in [1.807, 2.05) is 17.5 Å². The van der Waals surface area contributed by atoms with Crippen LogP contribution in [0.25, 0.3) is 0 Å². The van der Waals surface area contributed by atoms with Crippen LogP contribution in [-0.2, 0) is 9.59 Å². The molecule has 0 aliphatic heterocycles. The van der Waals surface area contributed by atoms with Crippen LogP contribution in [0.4, 0.5) is 5.69 Å². The van der Waals surface area contributed by atoms with Crippen LogP contribution in [0.3, 0.4) is 0 Å². The SMILES string of the molecule is O=C(NCCC(O)c1cccs1)C(=O)Nc1ccc(Cl)cc1. The molecule has 0 radical (unpaired) electrons. The van der Waals surface area contributed by atoms with Crippen LogP contribution in [0.1, 0.15) is 17.4 Å². The van der Waals surface area contributed by atoms with Crippen molar-refractivity contribution in [2.45, 2.75) is 12.5 Å². The standard InChI is InChI=1S/C15H15ClN2O3S/c16-10-3-5-11(6-4-10)18-15(21)14(20)17-8-7-12(19)13-2-1-9-22-13/h1-6,9,12,19H,7-8H2,(H,17,20)(H,18,21). The van der Waals surface area contributed by atoms with E-state index in [9.17, 15) is 14.7 Å². The predicted molar refractivity (Wildman–Crippen MR) is 87.0 cm³/mol. The largest absolute Gasteiger partial charge is 0.388 e. The fourth-order valence-electron chi connectivity index (χ4n) is 1.75. The first-order valence-electron chi connectivity index (χ1n) is 6.62. The number of hydrogen-bond acceptors (Lipinski definition) is 4. The quantitative estimate of drug-likeness (QED) is 0.733. The number of halogens is 1. The van der Waals surface area contributed by atoms with E-state index in [2.05, 4.69) is 10.6 Å². The Morgan fingerprint density at radius 2 is 1.91 bits per heavy atom. The molecule has 3 N–H and O–H groups in total. The number of aliphatic hydroxyl groups is 1. The average Bonchev–Trinajstić information content (AvgIpc) is 3.03. The van der Waals surface area contributed by atoms with Gasteiger partial charge in [0, 0.05) is 22.1 Å². The number of rotatable bonds is 5. The molecule has 0 aliphatic rings. The van der Waals surface area contributed by atoms with Gasteiger partial charge in [0.1, 0.15) is 0 Å². The van der Waals surface area contributed by atoms with Crippen LogP contribution in [0.15, 0.2) is 41.8 Å². The summed E-state index contributed by atoms with van der Waals surface area (Å²) in [4.78, 5) is 24.2. The molecule has 5 nitrogen and oxygen atoms in total. The second-order valence-corrected chi connectivity index (χ2v) is 5.95. The third-order valence-corrected chi connectivity index (χ3v) is 4.11. The Hall–Kier alpha value is -1.89. The molecule has 0 spiro atoms. The van der Waals surface area contributed by atoms with Gasteiger partial charge in [-0.15, -0.1) is 11.3 Å². The number of amides is 2. The summed E-state index contributed by atoms with van der Waals surface area (Å²) in [6.07, 6.45) is -0.292. The molecule has 1 heterocycles. The van der Waals surface area contributed by atoms with E-state index in [0.717, 1.165) is 4.88 Å². The third-order valence-electron chi connectivity index (χ3n) is 2.88. The van der Waals surface area contributed by atoms with Gasteiger partial charge in [-0.3, -0.25) is 9.59 Å². The van der Waals surface area contributed by atoms with Gasteiger partial charge in [-0.2, -0.15) is 0 Å². The minimum atomic E-state index is -0.757. The number of hydrogen-bond donors (Lipinski definition) is 3. The van der Waals surface area contributed by atoms with Crippen molar-refractivity contribution in [1.29, 1.82) is 0 Å². The lowest BCUT2D eigenvalue weighted by Crippen LogP contribution is -2.36. The minimum Gasteiger partial charge on any atom is -0.388 e. The third kappa shape index (κ3) is 4.84. The second kappa shape index (κ2) is 7.93. The Balaban J connectivity index is 1.74. The number of aliphatic hydroxyl groups excluding tert-OH is 1. The molecule has 0 saturated carbocycles. The predicted octanol–water partition coefficient (Wildman–Crippen LogP) is 2.58. The smallest absolute Gasteiger partial charge is 0.313 e. The first-order valence-corrected chi connectivity index (χ1v) is 7.88. The number of carbonyl (C=O) groups is 2. The maximum Gasteiger partial charge on any atom is 0.313 e. The van der Waals surface area contributed by atoms with Crippen molar-refractivity contribution in [3.8, 4) is 0 Å². The summed E-state index contributed by atoms with van der Waals surface area (Å²) in [7, 11) is 0. The second-order valence-electron chi connectivity index (χ2n) is 4.54. The Kier molecular flexibility index (Phi) is 5.94. The van der Waals surface area contributed by atoms with Crippen molar-refractivity contribution in [3.05, 3.63) is 51.7 Å². The van der Waals surface area contributed by atoms with Crippen molar-refractivity contribution >= 4 is 40.4 Å². The van der Waals surface area contributed by atoms with Crippen molar-refractivity contribution in [2.75, 3.05) is 11.9 Å². The van der Waals surface area contributed by atoms with Crippen LogP contribution < -0.4 is 10.6 Å². The average molecular weight is 339 g/mol. The summed E-state index contributed by atoms with van der Waals surface area (Å²) in [5.74, 6) is -1.50. The summed E-state index contributed by atoms with van der Waals surface area (Å²) >= 11 is 7.18. The van der Waals surface area contributed by atoms with Gasteiger partial charge < -0.3 is 15.7 Å². The number of benzene rings is 1. The molecule has 0 fully saturated rings. The fraction of sp³-hybridized carbons (Fsp3) is 0.200. The van der Waals surface area contributed by atoms with E-state index in [-0.39, 0.29) is 6.54 Å². The summed E-state index contributed by atoms with van der Waals surface area (Å²) < 4.78 is 0. The van der Waals surface area contributed by atoms with Gasteiger partial charge in [-0.25, -0.2) is 0 Å². The first-order chi connectivity index (χ1) is 10.6. The van der Waals surface area contributed by atoms with E-state index in [0.29, 0.717) is 17.1 Å². The van der Waals surface area contributed by atoms with Crippen molar-refractivity contribution < 1.29 is 14.7 Å². The van der Waals surface area contributed by atoms with Gasteiger partial charge in [0.05, 0.1) is 6.10 Å². The van der Waals surface area contributed by atoms with Gasteiger partial charge in [0.25, 0.3) is 0 Å². The van der Waals surface area contributed by atoms with Gasteiger partial charge in [-0.05, 0) is 42.1 Å². The van der Waals surface area contributed by atoms with Crippen LogP contribution in [0.5, 0.6) is 0 Å². The molecule has 2 aromatic rings. The van der Waals surface area contributed by atoms with Crippen LogP contribution in [-0.4, -0.2) is 23.5 Å². The van der Waals surface area contributed by atoms with Gasteiger partial charge in [0.15, 0.2) is 0 Å². The maximum atomic E-state index is 11.7. The highest BCUT2D eigenvalue weighted by molar-refractivity contribution is 7.10. The number of nitrogens with one attached hydrogen (secondary N) is 2. The lowest BCUT2D eigenvalue weighted by Gasteiger charge is -2.09. The fourth-order valence-corrected chi connectivity index (χ4v) is 2.62. The molecule has 0 saturated heterocycles. The van der Waals surface area contributed by atoms with E-state index in [1.165, 1.54) is 11.3 Å².